The van der Waals surface area contributed by atoms with Crippen molar-refractivity contribution in [2.24, 2.45) is 11.8 Å². The average molecular weight is 470 g/mol. The van der Waals surface area contributed by atoms with Crippen LogP contribution in [-0.2, 0) is 0 Å². The second-order valence-corrected chi connectivity index (χ2v) is 10.4. The Kier molecular flexibility index (Phi) is 6.76. The van der Waals surface area contributed by atoms with Crippen LogP contribution in [0, 0.1) is 11.8 Å². The average Bonchev–Trinajstić information content (AvgIpc) is 2.89. The molecule has 2 amide bonds. The number of amides is 2. The molecule has 0 aliphatic carbocycles. The number of nitrogens with one attached hydrogen (secondary N) is 1. The molecular weight excluding hydrogens is 434 g/mol. The number of fused-ring (bicyclic) bond motifs is 1. The molecule has 0 aromatic heterocycles. The van der Waals surface area contributed by atoms with Gasteiger partial charge in [0.25, 0.3) is 11.8 Å². The highest BCUT2D eigenvalue weighted by Crippen LogP contribution is 2.31. The van der Waals surface area contributed by atoms with E-state index in [9.17, 15) is 9.59 Å². The van der Waals surface area contributed by atoms with Gasteiger partial charge >= 0.3 is 0 Å². The maximum absolute atomic E-state index is 13.7. The van der Waals surface area contributed by atoms with E-state index in [-0.39, 0.29) is 11.8 Å². The molecule has 2 aliphatic heterocycles. The fraction of sp³-hybridized carbons (Fsp3) is 0.400. The number of carbonyl (C=O) groups is 2. The lowest BCUT2D eigenvalue weighted by atomic mass is 9.96. The van der Waals surface area contributed by atoms with Crippen molar-refractivity contribution in [2.45, 2.75) is 39.5 Å². The molecule has 5 nitrogen and oxygen atoms in total. The lowest BCUT2D eigenvalue weighted by Gasteiger charge is -2.35. The minimum absolute atomic E-state index is 0.0762. The van der Waals surface area contributed by atoms with Crippen molar-refractivity contribution in [3.05, 3.63) is 71.8 Å². The maximum atomic E-state index is 13.7. The van der Waals surface area contributed by atoms with Crippen molar-refractivity contribution in [3.63, 3.8) is 0 Å². The Morgan fingerprint density at radius 3 is 2.14 bits per heavy atom. The Bertz CT molecular complexity index is 1220. The smallest absolute Gasteiger partial charge is 0.256 e. The van der Waals surface area contributed by atoms with Crippen LogP contribution in [0.15, 0.2) is 60.7 Å². The Hall–Kier alpha value is -3.34. The van der Waals surface area contributed by atoms with Gasteiger partial charge in [0.1, 0.15) is 0 Å². The number of rotatable bonds is 4. The number of benzene rings is 3. The number of nitrogens with zero attached hydrogens (tertiary/aromatic N) is 2. The number of hydrogen-bond acceptors (Lipinski definition) is 3. The molecule has 0 saturated carbocycles. The lowest BCUT2D eigenvalue weighted by Crippen LogP contribution is -2.40. The van der Waals surface area contributed by atoms with Gasteiger partial charge in [0.05, 0.1) is 5.56 Å². The predicted octanol–water partition coefficient (Wildman–Crippen LogP) is 6.20. The quantitative estimate of drug-likeness (QED) is 0.495. The number of carbonyl (C=O) groups excluding carboxylic acids is 2. The first-order chi connectivity index (χ1) is 17.0. The summed E-state index contributed by atoms with van der Waals surface area (Å²) in [4.78, 5) is 31.1. The fourth-order valence-corrected chi connectivity index (χ4v) is 5.23. The van der Waals surface area contributed by atoms with Crippen LogP contribution in [0.4, 0.5) is 11.4 Å². The second-order valence-electron chi connectivity index (χ2n) is 10.4. The Morgan fingerprint density at radius 1 is 0.771 bits per heavy atom. The summed E-state index contributed by atoms with van der Waals surface area (Å²) in [6.45, 7) is 8.06. The van der Waals surface area contributed by atoms with Crippen LogP contribution in [-0.4, -0.2) is 42.9 Å². The van der Waals surface area contributed by atoms with Gasteiger partial charge < -0.3 is 15.1 Å². The third-order valence-corrected chi connectivity index (χ3v) is 7.69. The molecule has 2 fully saturated rings. The van der Waals surface area contributed by atoms with Gasteiger partial charge in [-0.25, -0.2) is 0 Å². The molecule has 0 bridgehead atoms. The first kappa shape index (κ1) is 23.4. The van der Waals surface area contributed by atoms with Crippen LogP contribution in [0.25, 0.3) is 10.8 Å². The van der Waals surface area contributed by atoms with Gasteiger partial charge in [0, 0.05) is 43.1 Å². The molecule has 3 aromatic carbocycles. The number of likely N-dealkylation sites (tertiary alicyclic amines) is 1. The van der Waals surface area contributed by atoms with Crippen LogP contribution in [0.2, 0.25) is 0 Å². The van der Waals surface area contributed by atoms with Gasteiger partial charge in [-0.05, 0) is 78.6 Å². The van der Waals surface area contributed by atoms with Gasteiger partial charge in [-0.1, -0.05) is 44.2 Å². The van der Waals surface area contributed by atoms with Crippen LogP contribution in [0.3, 0.4) is 0 Å². The predicted molar refractivity (Wildman–Crippen MR) is 143 cm³/mol. The Balaban J connectivity index is 1.42. The third kappa shape index (κ3) is 5.19. The lowest BCUT2D eigenvalue weighted by molar-refractivity contribution is 0.0697. The summed E-state index contributed by atoms with van der Waals surface area (Å²) in [5, 5.41) is 5.17. The van der Waals surface area contributed by atoms with E-state index >= 15 is 0 Å². The standard InChI is InChI=1S/C30H35N3O2/c1-21-11-15-32(16-12-21)28-10-9-26(20-27(28)30(35)33-17-13-22(2)14-18-33)31-29(34)25-8-7-23-5-3-4-6-24(23)19-25/h3-10,19-22H,11-18H2,1-2H3,(H,31,34). The summed E-state index contributed by atoms with van der Waals surface area (Å²) < 4.78 is 0. The van der Waals surface area contributed by atoms with E-state index in [1.165, 1.54) is 0 Å². The summed E-state index contributed by atoms with van der Waals surface area (Å²) in [7, 11) is 0. The van der Waals surface area contributed by atoms with E-state index in [0.29, 0.717) is 22.7 Å². The normalized spacial score (nSPS) is 17.5. The largest absolute Gasteiger partial charge is 0.371 e. The molecule has 1 N–H and O–H groups in total. The van der Waals surface area contributed by atoms with Crippen molar-refractivity contribution >= 4 is 34.0 Å². The summed E-state index contributed by atoms with van der Waals surface area (Å²) in [5.74, 6) is 1.29. The van der Waals surface area contributed by atoms with E-state index in [1.807, 2.05) is 65.6 Å². The summed E-state index contributed by atoms with van der Waals surface area (Å²) in [6, 6.07) is 19.6. The number of piperidine rings is 2. The molecular formula is C30H35N3O2. The van der Waals surface area contributed by atoms with Gasteiger partial charge in [0.15, 0.2) is 0 Å². The van der Waals surface area contributed by atoms with Crippen LogP contribution in [0.1, 0.15) is 60.2 Å². The zero-order chi connectivity index (χ0) is 24.4. The fourth-order valence-electron chi connectivity index (χ4n) is 5.23. The monoisotopic (exact) mass is 469 g/mol. The molecule has 0 unspecified atom stereocenters. The highest BCUT2D eigenvalue weighted by Gasteiger charge is 2.27. The molecule has 0 spiro atoms. The van der Waals surface area contributed by atoms with Crippen molar-refractivity contribution < 1.29 is 9.59 Å². The first-order valence-electron chi connectivity index (χ1n) is 13.0. The molecule has 0 atom stereocenters. The molecule has 2 aliphatic rings. The molecule has 35 heavy (non-hydrogen) atoms. The van der Waals surface area contributed by atoms with Crippen LogP contribution >= 0.6 is 0 Å². The zero-order valence-corrected chi connectivity index (χ0v) is 20.8. The van der Waals surface area contributed by atoms with Gasteiger partial charge in [-0.15, -0.1) is 0 Å². The van der Waals surface area contributed by atoms with Crippen molar-refractivity contribution in [1.29, 1.82) is 0 Å². The van der Waals surface area contributed by atoms with E-state index in [4.69, 9.17) is 0 Å². The Morgan fingerprint density at radius 2 is 1.43 bits per heavy atom. The molecule has 5 heteroatoms. The zero-order valence-electron chi connectivity index (χ0n) is 20.8. The van der Waals surface area contributed by atoms with E-state index < -0.39 is 0 Å². The Labute approximate surface area is 208 Å². The molecule has 0 radical (unpaired) electrons. The highest BCUT2D eigenvalue weighted by atomic mass is 16.2. The molecule has 3 aromatic rings. The third-order valence-electron chi connectivity index (χ3n) is 7.69. The van der Waals surface area contributed by atoms with Crippen molar-refractivity contribution in [3.8, 4) is 0 Å². The number of anilines is 2. The van der Waals surface area contributed by atoms with Gasteiger partial charge in [-0.3, -0.25) is 9.59 Å². The minimum Gasteiger partial charge on any atom is -0.371 e. The van der Waals surface area contributed by atoms with E-state index in [1.54, 1.807) is 0 Å². The van der Waals surface area contributed by atoms with E-state index in [2.05, 4.69) is 24.1 Å². The SMILES string of the molecule is CC1CCN(C(=O)c2cc(NC(=O)c3ccc4ccccc4c3)ccc2N2CCC(C)CC2)CC1. The molecule has 5 rings (SSSR count). The van der Waals surface area contributed by atoms with Gasteiger partial charge in [-0.2, -0.15) is 0 Å². The van der Waals surface area contributed by atoms with Crippen LogP contribution < -0.4 is 10.2 Å². The first-order valence-corrected chi connectivity index (χ1v) is 13.0. The van der Waals surface area contributed by atoms with Crippen LogP contribution in [0.5, 0.6) is 0 Å². The topological polar surface area (TPSA) is 52.7 Å². The maximum Gasteiger partial charge on any atom is 0.256 e. The molecule has 182 valence electrons. The van der Waals surface area contributed by atoms with Crippen molar-refractivity contribution in [1.82, 2.24) is 4.90 Å². The summed E-state index contributed by atoms with van der Waals surface area (Å²) >= 11 is 0. The highest BCUT2D eigenvalue weighted by molar-refractivity contribution is 6.08. The summed E-state index contributed by atoms with van der Waals surface area (Å²) in [5.41, 5.74) is 2.95. The van der Waals surface area contributed by atoms with E-state index in [0.717, 1.165) is 74.2 Å². The van der Waals surface area contributed by atoms with Gasteiger partial charge in [0.2, 0.25) is 0 Å². The summed E-state index contributed by atoms with van der Waals surface area (Å²) in [6.07, 6.45) is 4.35. The second kappa shape index (κ2) is 10.1. The molecule has 2 saturated heterocycles. The van der Waals surface area contributed by atoms with Crippen molar-refractivity contribution in [2.75, 3.05) is 36.4 Å². The minimum atomic E-state index is -0.166. The number of hydrogen-bond donors (Lipinski definition) is 1. The molecule has 2 heterocycles.